The zero-order chi connectivity index (χ0) is 15.9. The average Bonchev–Trinajstić information content (AvgIpc) is 3.20. The number of nitrogens with zero attached hydrogens (tertiary/aromatic N) is 2. The second-order valence-corrected chi connectivity index (χ2v) is 5.94. The Kier molecular flexibility index (Phi) is 3.64. The summed E-state index contributed by atoms with van der Waals surface area (Å²) in [6.45, 7) is 9.83. The minimum absolute atomic E-state index is 0.171. The SMILES string of the molecule is [C-]#[N+]c1ccc2c(cc(CCC)n2CC2CC2)c1C(F)(F)F. The van der Waals surface area contributed by atoms with Crippen molar-refractivity contribution in [3.05, 3.63) is 40.9 Å². The fourth-order valence-corrected chi connectivity index (χ4v) is 3.01. The lowest BCUT2D eigenvalue weighted by atomic mass is 10.1. The molecule has 1 saturated carbocycles. The molecule has 1 heterocycles. The van der Waals surface area contributed by atoms with Crippen molar-refractivity contribution in [2.24, 2.45) is 5.92 Å². The molecular formula is C17H17F3N2. The second-order valence-electron chi connectivity index (χ2n) is 5.94. The van der Waals surface area contributed by atoms with E-state index in [-0.39, 0.29) is 11.1 Å². The summed E-state index contributed by atoms with van der Waals surface area (Å²) in [5.74, 6) is 0.584. The first-order valence-electron chi connectivity index (χ1n) is 7.55. The molecule has 116 valence electrons. The molecule has 0 radical (unpaired) electrons. The summed E-state index contributed by atoms with van der Waals surface area (Å²) in [5.41, 5.74) is 0.450. The third-order valence-electron chi connectivity index (χ3n) is 4.20. The summed E-state index contributed by atoms with van der Waals surface area (Å²) in [6, 6.07) is 4.61. The third-order valence-corrected chi connectivity index (χ3v) is 4.20. The maximum Gasteiger partial charge on any atom is 0.408 e. The topological polar surface area (TPSA) is 9.29 Å². The molecule has 0 amide bonds. The van der Waals surface area contributed by atoms with Crippen molar-refractivity contribution in [1.82, 2.24) is 4.57 Å². The van der Waals surface area contributed by atoms with Gasteiger partial charge in [0.1, 0.15) is 0 Å². The van der Waals surface area contributed by atoms with E-state index in [0.29, 0.717) is 11.4 Å². The first-order valence-corrected chi connectivity index (χ1v) is 7.55. The Labute approximate surface area is 127 Å². The lowest BCUT2D eigenvalue weighted by Gasteiger charge is -2.12. The number of hydrogen-bond donors (Lipinski definition) is 0. The van der Waals surface area contributed by atoms with Crippen LogP contribution < -0.4 is 0 Å². The van der Waals surface area contributed by atoms with Gasteiger partial charge in [0.2, 0.25) is 0 Å². The van der Waals surface area contributed by atoms with Crippen molar-refractivity contribution in [3.63, 3.8) is 0 Å². The summed E-state index contributed by atoms with van der Waals surface area (Å²) >= 11 is 0. The van der Waals surface area contributed by atoms with Gasteiger partial charge in [0, 0.05) is 23.1 Å². The van der Waals surface area contributed by atoms with Gasteiger partial charge in [0.15, 0.2) is 5.69 Å². The van der Waals surface area contributed by atoms with E-state index in [2.05, 4.69) is 4.85 Å². The Morgan fingerprint density at radius 2 is 2.05 bits per heavy atom. The van der Waals surface area contributed by atoms with Crippen LogP contribution in [-0.2, 0) is 19.1 Å². The van der Waals surface area contributed by atoms with Crippen molar-refractivity contribution in [2.45, 2.75) is 45.3 Å². The normalized spacial score (nSPS) is 15.2. The molecule has 0 aliphatic heterocycles. The zero-order valence-corrected chi connectivity index (χ0v) is 12.4. The van der Waals surface area contributed by atoms with Crippen LogP contribution in [0.4, 0.5) is 18.9 Å². The number of hydrogen-bond acceptors (Lipinski definition) is 0. The number of aryl methyl sites for hydroxylation is 1. The highest BCUT2D eigenvalue weighted by molar-refractivity contribution is 5.90. The van der Waals surface area contributed by atoms with Crippen molar-refractivity contribution in [2.75, 3.05) is 0 Å². The molecule has 0 N–H and O–H groups in total. The Morgan fingerprint density at radius 3 is 2.59 bits per heavy atom. The van der Waals surface area contributed by atoms with Gasteiger partial charge >= 0.3 is 6.18 Å². The summed E-state index contributed by atoms with van der Waals surface area (Å²) in [5, 5.41) is 0.171. The molecule has 2 aromatic rings. The van der Waals surface area contributed by atoms with Gasteiger partial charge in [-0.2, -0.15) is 13.2 Å². The number of aromatic nitrogens is 1. The molecule has 1 aromatic heterocycles. The third kappa shape index (κ3) is 2.58. The van der Waals surface area contributed by atoms with Crippen LogP contribution in [0.3, 0.4) is 0 Å². The van der Waals surface area contributed by atoms with E-state index in [9.17, 15) is 13.2 Å². The summed E-state index contributed by atoms with van der Waals surface area (Å²) < 4.78 is 42.3. The zero-order valence-electron chi connectivity index (χ0n) is 12.4. The van der Waals surface area contributed by atoms with Gasteiger partial charge in [0.25, 0.3) is 0 Å². The van der Waals surface area contributed by atoms with Gasteiger partial charge in [-0.15, -0.1) is 0 Å². The van der Waals surface area contributed by atoms with Crippen LogP contribution in [0.25, 0.3) is 15.7 Å². The highest BCUT2D eigenvalue weighted by atomic mass is 19.4. The van der Waals surface area contributed by atoms with Crippen LogP contribution in [0.5, 0.6) is 0 Å². The number of fused-ring (bicyclic) bond motifs is 1. The van der Waals surface area contributed by atoms with Crippen LogP contribution in [0, 0.1) is 12.5 Å². The molecule has 0 saturated heterocycles. The molecule has 2 nitrogen and oxygen atoms in total. The van der Waals surface area contributed by atoms with Gasteiger partial charge in [-0.25, -0.2) is 4.85 Å². The summed E-state index contributed by atoms with van der Waals surface area (Å²) in [7, 11) is 0. The number of alkyl halides is 3. The van der Waals surface area contributed by atoms with E-state index in [0.717, 1.165) is 37.9 Å². The molecule has 0 unspecified atom stereocenters. The Bertz CT molecular complexity index is 746. The fourth-order valence-electron chi connectivity index (χ4n) is 3.01. The highest BCUT2D eigenvalue weighted by Gasteiger charge is 2.36. The second kappa shape index (κ2) is 5.35. The fraction of sp³-hybridized carbons (Fsp3) is 0.471. The number of benzene rings is 1. The summed E-state index contributed by atoms with van der Waals surface area (Å²) in [6.07, 6.45) is -0.562. The molecular weight excluding hydrogens is 289 g/mol. The van der Waals surface area contributed by atoms with Gasteiger partial charge < -0.3 is 4.57 Å². The average molecular weight is 306 g/mol. The molecule has 1 aliphatic rings. The maximum absolute atomic E-state index is 13.4. The van der Waals surface area contributed by atoms with E-state index >= 15 is 0 Å². The van der Waals surface area contributed by atoms with Crippen LogP contribution >= 0.6 is 0 Å². The molecule has 0 atom stereocenters. The van der Waals surface area contributed by atoms with Crippen LogP contribution in [0.1, 0.15) is 37.4 Å². The molecule has 1 aliphatic carbocycles. The van der Waals surface area contributed by atoms with Crippen LogP contribution in [0.15, 0.2) is 18.2 Å². The number of halogens is 3. The monoisotopic (exact) mass is 306 g/mol. The molecule has 0 bridgehead atoms. The Hall–Kier alpha value is -1.96. The number of rotatable bonds is 4. The predicted molar refractivity (Wildman–Crippen MR) is 79.9 cm³/mol. The van der Waals surface area contributed by atoms with E-state index in [1.807, 2.05) is 11.5 Å². The first kappa shape index (κ1) is 15.0. The van der Waals surface area contributed by atoms with Crippen LogP contribution in [-0.4, -0.2) is 4.57 Å². The Morgan fingerprint density at radius 1 is 1.32 bits per heavy atom. The molecule has 5 heteroatoms. The molecule has 1 aromatic carbocycles. The first-order chi connectivity index (χ1) is 10.5. The van der Waals surface area contributed by atoms with Crippen LogP contribution in [0.2, 0.25) is 0 Å². The molecule has 1 fully saturated rings. The minimum Gasteiger partial charge on any atom is -0.344 e. The van der Waals surface area contributed by atoms with Crippen molar-refractivity contribution in [1.29, 1.82) is 0 Å². The standard InChI is InChI=1S/C17H17F3N2/c1-3-4-12-9-13-15(22(12)10-11-5-6-11)8-7-14(21-2)16(13)17(18,19)20/h7-9,11H,3-6,10H2,1H3. The van der Waals surface area contributed by atoms with E-state index in [4.69, 9.17) is 6.57 Å². The largest absolute Gasteiger partial charge is 0.408 e. The maximum atomic E-state index is 13.4. The van der Waals surface area contributed by atoms with Gasteiger partial charge in [-0.05, 0) is 37.3 Å². The highest BCUT2D eigenvalue weighted by Crippen LogP contribution is 2.43. The lowest BCUT2D eigenvalue weighted by molar-refractivity contribution is -0.135. The molecule has 0 spiro atoms. The smallest absolute Gasteiger partial charge is 0.344 e. The van der Waals surface area contributed by atoms with Crippen molar-refractivity contribution < 1.29 is 13.2 Å². The van der Waals surface area contributed by atoms with Crippen molar-refractivity contribution >= 4 is 16.6 Å². The quantitative estimate of drug-likeness (QED) is 0.653. The Balaban J connectivity index is 2.25. The van der Waals surface area contributed by atoms with E-state index in [1.54, 1.807) is 12.1 Å². The van der Waals surface area contributed by atoms with E-state index in [1.165, 1.54) is 6.07 Å². The van der Waals surface area contributed by atoms with Gasteiger partial charge in [0.05, 0.1) is 12.1 Å². The molecule has 3 rings (SSSR count). The molecule has 22 heavy (non-hydrogen) atoms. The predicted octanol–water partition coefficient (Wildman–Crippen LogP) is 5.57. The van der Waals surface area contributed by atoms with Gasteiger partial charge in [-0.1, -0.05) is 19.4 Å². The van der Waals surface area contributed by atoms with Gasteiger partial charge in [-0.3, -0.25) is 0 Å². The summed E-state index contributed by atoms with van der Waals surface area (Å²) in [4.78, 5) is 3.07. The van der Waals surface area contributed by atoms with Crippen molar-refractivity contribution in [3.8, 4) is 0 Å². The lowest BCUT2D eigenvalue weighted by Crippen LogP contribution is -2.07. The van der Waals surface area contributed by atoms with E-state index < -0.39 is 11.7 Å². The minimum atomic E-state index is -4.51.